The van der Waals surface area contributed by atoms with Crippen LogP contribution in [-0.4, -0.2) is 4.98 Å². The minimum Gasteiger partial charge on any atom is -0.366 e. The van der Waals surface area contributed by atoms with Gasteiger partial charge < -0.3 is 10.3 Å². The lowest BCUT2D eigenvalue weighted by molar-refractivity contribution is 0.445. The first-order valence-electron chi connectivity index (χ1n) is 19.8. The molecular weight excluding hydrogens is 691 g/mol. The molecule has 0 fully saturated rings. The molecule has 1 aliphatic rings. The van der Waals surface area contributed by atoms with Gasteiger partial charge >= 0.3 is 0 Å². The summed E-state index contributed by atoms with van der Waals surface area (Å²) in [6, 6.07) is 68.7. The molecule has 3 heteroatoms. The van der Waals surface area contributed by atoms with Crippen molar-refractivity contribution in [3.8, 4) is 11.1 Å². The topological polar surface area (TPSA) is 39.8 Å². The smallest absolute Gasteiger partial charge is 0.105 e. The van der Waals surface area contributed by atoms with Gasteiger partial charge in [-0.25, -0.2) is 0 Å². The average Bonchev–Trinajstić information content (AvgIpc) is 3.68. The second kappa shape index (κ2) is 12.7. The van der Waals surface area contributed by atoms with Crippen LogP contribution in [0.2, 0.25) is 0 Å². The van der Waals surface area contributed by atoms with E-state index in [0.717, 1.165) is 5.70 Å². The summed E-state index contributed by atoms with van der Waals surface area (Å²) in [4.78, 5) is 3.79. The van der Waals surface area contributed by atoms with E-state index in [0.29, 0.717) is 0 Å². The monoisotopic (exact) mass is 727 g/mol. The highest BCUT2D eigenvalue weighted by atomic mass is 15.2. The molecular formula is C54H37N3. The molecule has 57 heavy (non-hydrogen) atoms. The maximum absolute atomic E-state index is 4.00. The summed E-state index contributed by atoms with van der Waals surface area (Å²) in [7, 11) is 0. The largest absolute Gasteiger partial charge is 0.366 e. The first-order valence-corrected chi connectivity index (χ1v) is 19.8. The number of hydrogen-bond donors (Lipinski definition) is 3. The molecule has 1 aromatic heterocycles. The zero-order chi connectivity index (χ0) is 37.5. The molecule has 3 N–H and O–H groups in total. The summed E-state index contributed by atoms with van der Waals surface area (Å²) in [5.41, 5.74) is 9.62. The third-order valence-corrected chi connectivity index (χ3v) is 12.3. The Morgan fingerprint density at radius 3 is 1.82 bits per heavy atom. The van der Waals surface area contributed by atoms with E-state index >= 15 is 0 Å². The molecule has 2 heterocycles. The van der Waals surface area contributed by atoms with Crippen LogP contribution in [0.4, 0.5) is 0 Å². The first-order chi connectivity index (χ1) is 28.3. The quantitative estimate of drug-likeness (QED) is 0.158. The van der Waals surface area contributed by atoms with Crippen molar-refractivity contribution in [1.29, 1.82) is 0 Å². The van der Waals surface area contributed by atoms with Crippen LogP contribution in [0.15, 0.2) is 194 Å². The fourth-order valence-corrected chi connectivity index (χ4v) is 9.64. The molecule has 0 aliphatic carbocycles. The highest BCUT2D eigenvalue weighted by Crippen LogP contribution is 2.45. The van der Waals surface area contributed by atoms with Gasteiger partial charge in [-0.3, -0.25) is 5.32 Å². The van der Waals surface area contributed by atoms with Crippen molar-refractivity contribution in [3.63, 3.8) is 0 Å². The second-order valence-corrected chi connectivity index (χ2v) is 15.4. The molecule has 2 unspecified atom stereocenters. The van der Waals surface area contributed by atoms with Crippen molar-refractivity contribution in [1.82, 2.24) is 15.6 Å². The maximum atomic E-state index is 4.00. The van der Waals surface area contributed by atoms with E-state index in [2.05, 4.69) is 210 Å². The van der Waals surface area contributed by atoms with Crippen molar-refractivity contribution in [3.05, 3.63) is 211 Å². The predicted octanol–water partition coefficient (Wildman–Crippen LogP) is 13.7. The standard InChI is InChI=1S/C54H37N3/c1-3-17-37-33(13-1)15-11-24-41(37)50-32-49(56-54(57-50)44-25-12-16-34-14-2-4-18-38(34)44)36-29-27-35(28-30-36)46-31-47-40-20-6-8-22-43(40)53-52(45-23-9-10-26-48(45)55-53)51(47)42-21-7-5-19-39(42)46/h1-32,49,54-57H. The molecule has 0 amide bonds. The van der Waals surface area contributed by atoms with Crippen LogP contribution in [0.25, 0.3) is 92.5 Å². The first kappa shape index (κ1) is 32.1. The van der Waals surface area contributed by atoms with Gasteiger partial charge in [-0.05, 0) is 83.6 Å². The third kappa shape index (κ3) is 5.03. The molecule has 12 rings (SSSR count). The Hall–Kier alpha value is -7.20. The number of aromatic amines is 1. The summed E-state index contributed by atoms with van der Waals surface area (Å²) in [5, 5.41) is 23.1. The second-order valence-electron chi connectivity index (χ2n) is 15.4. The Kier molecular flexibility index (Phi) is 7.13. The minimum absolute atomic E-state index is 0.0225. The van der Waals surface area contributed by atoms with Gasteiger partial charge in [0.25, 0.3) is 0 Å². The lowest BCUT2D eigenvalue weighted by atomic mass is 9.88. The van der Waals surface area contributed by atoms with E-state index in [1.165, 1.54) is 103 Å². The van der Waals surface area contributed by atoms with Crippen LogP contribution in [0, 0.1) is 0 Å². The molecule has 2 atom stereocenters. The van der Waals surface area contributed by atoms with E-state index in [1.807, 2.05) is 0 Å². The fourth-order valence-electron chi connectivity index (χ4n) is 9.64. The van der Waals surface area contributed by atoms with Crippen molar-refractivity contribution in [2.24, 2.45) is 0 Å². The Morgan fingerprint density at radius 1 is 0.404 bits per heavy atom. The molecule has 0 radical (unpaired) electrons. The normalized spacial score (nSPS) is 15.9. The zero-order valence-electron chi connectivity index (χ0n) is 31.1. The van der Waals surface area contributed by atoms with Crippen molar-refractivity contribution in [2.75, 3.05) is 0 Å². The van der Waals surface area contributed by atoms with Gasteiger partial charge in [-0.2, -0.15) is 0 Å². The Balaban J connectivity index is 1.02. The van der Waals surface area contributed by atoms with E-state index < -0.39 is 0 Å². The summed E-state index contributed by atoms with van der Waals surface area (Å²) < 4.78 is 0. The molecule has 11 aromatic rings. The zero-order valence-corrected chi connectivity index (χ0v) is 31.1. The van der Waals surface area contributed by atoms with Crippen molar-refractivity contribution in [2.45, 2.75) is 12.2 Å². The summed E-state index contributed by atoms with van der Waals surface area (Å²) in [6.07, 6.45) is 2.27. The molecule has 10 aromatic carbocycles. The Morgan fingerprint density at radius 2 is 1.02 bits per heavy atom. The van der Waals surface area contributed by atoms with Gasteiger partial charge in [-0.1, -0.05) is 176 Å². The van der Waals surface area contributed by atoms with E-state index in [-0.39, 0.29) is 12.2 Å². The van der Waals surface area contributed by atoms with Gasteiger partial charge in [0.05, 0.1) is 11.6 Å². The van der Waals surface area contributed by atoms with Gasteiger partial charge in [0, 0.05) is 38.3 Å². The Bertz CT molecular complexity index is 3420. The highest BCUT2D eigenvalue weighted by molar-refractivity contribution is 6.37. The van der Waals surface area contributed by atoms with E-state index in [9.17, 15) is 0 Å². The lowest BCUT2D eigenvalue weighted by Gasteiger charge is -2.34. The van der Waals surface area contributed by atoms with Crippen LogP contribution in [0.5, 0.6) is 0 Å². The van der Waals surface area contributed by atoms with Gasteiger partial charge in [0.15, 0.2) is 0 Å². The molecule has 0 saturated carbocycles. The molecule has 268 valence electrons. The van der Waals surface area contributed by atoms with Crippen molar-refractivity contribution < 1.29 is 0 Å². The number of fused-ring (bicyclic) bond motifs is 12. The van der Waals surface area contributed by atoms with E-state index in [1.54, 1.807) is 0 Å². The number of nitrogens with one attached hydrogen (secondary N) is 3. The number of benzene rings is 10. The summed E-state index contributed by atoms with van der Waals surface area (Å²) >= 11 is 0. The summed E-state index contributed by atoms with van der Waals surface area (Å²) in [5.74, 6) is 0. The van der Waals surface area contributed by atoms with Crippen LogP contribution in [0.1, 0.15) is 28.9 Å². The predicted molar refractivity (Wildman–Crippen MR) is 241 cm³/mol. The van der Waals surface area contributed by atoms with Gasteiger partial charge in [0.2, 0.25) is 0 Å². The number of aromatic nitrogens is 1. The number of para-hydroxylation sites is 1. The SMILES string of the molecule is C1=C(c2cccc3ccccc23)NC(c2cccc3ccccc23)NC1c1ccc(-c2cc3c4ccccc4c4[nH]c5ccccc5c4c3c3ccccc23)cc1. The average molecular weight is 728 g/mol. The molecule has 3 nitrogen and oxygen atoms in total. The van der Waals surface area contributed by atoms with Crippen LogP contribution >= 0.6 is 0 Å². The molecule has 1 aliphatic heterocycles. The Labute approximate surface area is 329 Å². The summed E-state index contributed by atoms with van der Waals surface area (Å²) in [6.45, 7) is 0. The van der Waals surface area contributed by atoms with Crippen molar-refractivity contribution >= 4 is 81.4 Å². The van der Waals surface area contributed by atoms with Gasteiger partial charge in [-0.15, -0.1) is 0 Å². The van der Waals surface area contributed by atoms with Crippen LogP contribution in [-0.2, 0) is 0 Å². The number of H-pyrrole nitrogens is 1. The van der Waals surface area contributed by atoms with Gasteiger partial charge in [0.1, 0.15) is 6.17 Å². The number of hydrogen-bond acceptors (Lipinski definition) is 2. The van der Waals surface area contributed by atoms with Crippen LogP contribution < -0.4 is 10.6 Å². The highest BCUT2D eigenvalue weighted by Gasteiger charge is 2.26. The molecule has 0 spiro atoms. The number of rotatable bonds is 4. The molecule has 0 bridgehead atoms. The third-order valence-electron chi connectivity index (χ3n) is 12.3. The van der Waals surface area contributed by atoms with Crippen LogP contribution in [0.3, 0.4) is 0 Å². The maximum Gasteiger partial charge on any atom is 0.105 e. The lowest BCUT2D eigenvalue weighted by Crippen LogP contribution is -2.39. The minimum atomic E-state index is -0.0983. The van der Waals surface area contributed by atoms with E-state index in [4.69, 9.17) is 0 Å². The molecule has 0 saturated heterocycles. The fraction of sp³-hybridized carbons (Fsp3) is 0.0370.